The highest BCUT2D eigenvalue weighted by Gasteiger charge is 2.79. The molecule has 1 spiro atoms. The highest BCUT2D eigenvalue weighted by atomic mass is 16.5. The first kappa shape index (κ1) is 22.7. The molecule has 174 valence electrons. The molecule has 3 unspecified atom stereocenters. The van der Waals surface area contributed by atoms with E-state index in [1.165, 1.54) is 4.90 Å². The number of amides is 3. The molecule has 4 rings (SSSR count). The van der Waals surface area contributed by atoms with E-state index in [9.17, 15) is 19.5 Å². The van der Waals surface area contributed by atoms with Crippen LogP contribution in [0.1, 0.15) is 39.2 Å². The van der Waals surface area contributed by atoms with E-state index in [-0.39, 0.29) is 36.8 Å². The molecule has 3 aliphatic heterocycles. The number of likely N-dealkylation sites (tertiary alicyclic amines) is 1. The average molecular weight is 444 g/mol. The van der Waals surface area contributed by atoms with Gasteiger partial charge in [0.25, 0.3) is 0 Å². The second-order valence-corrected chi connectivity index (χ2v) is 9.45. The molecule has 3 N–H and O–H groups in total. The molecule has 6 atom stereocenters. The summed E-state index contributed by atoms with van der Waals surface area (Å²) in [5.41, 5.74) is -0.946. The maximum Gasteiger partial charge on any atom is 0.246 e. The molecule has 0 aromatic heterocycles. The standard InChI is InChI=1S/C24H33N3O5/c1-4-10-25-20(29)17-18-22(31)27(11-12-28)19(24(18)13-15(2)23(17,3)32-24)21(30)26-14-16-8-6-5-7-9-16/h5-9,15,17-19,28H,4,10-14H2,1-3H3,(H,25,29)(H,26,30)/t15?,17-,18-,19?,23+,24?/m0/s1. The minimum Gasteiger partial charge on any atom is -0.395 e. The second kappa shape index (κ2) is 8.48. The van der Waals surface area contributed by atoms with Crippen LogP contribution in [0.5, 0.6) is 0 Å². The normalized spacial score (nSPS) is 35.1. The molecular weight excluding hydrogens is 410 g/mol. The smallest absolute Gasteiger partial charge is 0.246 e. The summed E-state index contributed by atoms with van der Waals surface area (Å²) in [7, 11) is 0. The Hall–Kier alpha value is -2.45. The topological polar surface area (TPSA) is 108 Å². The van der Waals surface area contributed by atoms with Gasteiger partial charge >= 0.3 is 0 Å². The van der Waals surface area contributed by atoms with Crippen LogP contribution in [0.15, 0.2) is 30.3 Å². The van der Waals surface area contributed by atoms with Crippen molar-refractivity contribution in [3.63, 3.8) is 0 Å². The predicted octanol–water partition coefficient (Wildman–Crippen LogP) is 0.832. The summed E-state index contributed by atoms with van der Waals surface area (Å²) in [6.45, 7) is 6.49. The van der Waals surface area contributed by atoms with Crippen molar-refractivity contribution >= 4 is 17.7 Å². The Bertz CT molecular complexity index is 893. The molecule has 3 amide bonds. The molecule has 3 fully saturated rings. The number of carbonyl (C=O) groups excluding carboxylic acids is 3. The lowest BCUT2D eigenvalue weighted by Crippen LogP contribution is -2.56. The minimum atomic E-state index is -1.07. The van der Waals surface area contributed by atoms with Gasteiger partial charge in [0.05, 0.1) is 24.0 Å². The number of benzene rings is 1. The first-order valence-electron chi connectivity index (χ1n) is 11.5. The van der Waals surface area contributed by atoms with E-state index in [0.717, 1.165) is 12.0 Å². The zero-order chi connectivity index (χ0) is 23.1. The number of ether oxygens (including phenoxy) is 1. The fraction of sp³-hybridized carbons (Fsp3) is 0.625. The summed E-state index contributed by atoms with van der Waals surface area (Å²) in [6.07, 6.45) is 1.30. The van der Waals surface area contributed by atoms with Gasteiger partial charge in [0, 0.05) is 19.6 Å². The summed E-state index contributed by atoms with van der Waals surface area (Å²) < 4.78 is 6.56. The van der Waals surface area contributed by atoms with Gasteiger partial charge in [0.2, 0.25) is 17.7 Å². The molecule has 32 heavy (non-hydrogen) atoms. The maximum atomic E-state index is 13.6. The second-order valence-electron chi connectivity index (χ2n) is 9.45. The first-order chi connectivity index (χ1) is 15.3. The average Bonchev–Trinajstić information content (AvgIpc) is 3.28. The van der Waals surface area contributed by atoms with Crippen molar-refractivity contribution in [1.82, 2.24) is 15.5 Å². The molecule has 8 nitrogen and oxygen atoms in total. The van der Waals surface area contributed by atoms with Crippen molar-refractivity contribution in [3.05, 3.63) is 35.9 Å². The van der Waals surface area contributed by atoms with Crippen molar-refractivity contribution in [3.8, 4) is 0 Å². The number of β-amino-alcohol motifs (C(OH)–C–C–N with tert-alkyl or cyclic N) is 1. The molecule has 2 bridgehead atoms. The highest BCUT2D eigenvalue weighted by Crippen LogP contribution is 2.65. The Morgan fingerprint density at radius 1 is 1.22 bits per heavy atom. The van der Waals surface area contributed by atoms with Crippen molar-refractivity contribution < 1.29 is 24.2 Å². The number of rotatable bonds is 8. The lowest BCUT2D eigenvalue weighted by atomic mass is 9.62. The number of hydrogen-bond acceptors (Lipinski definition) is 5. The molecule has 3 aliphatic rings. The van der Waals surface area contributed by atoms with Crippen molar-refractivity contribution in [2.24, 2.45) is 17.8 Å². The number of carbonyl (C=O) groups is 3. The van der Waals surface area contributed by atoms with Gasteiger partial charge in [-0.1, -0.05) is 44.2 Å². The van der Waals surface area contributed by atoms with Crippen molar-refractivity contribution in [1.29, 1.82) is 0 Å². The fourth-order valence-electron chi connectivity index (χ4n) is 6.03. The molecule has 1 aromatic carbocycles. The molecule has 3 heterocycles. The van der Waals surface area contributed by atoms with Crippen LogP contribution < -0.4 is 10.6 Å². The van der Waals surface area contributed by atoms with Gasteiger partial charge in [0.15, 0.2) is 0 Å². The third-order valence-electron chi connectivity index (χ3n) is 7.55. The Morgan fingerprint density at radius 3 is 2.59 bits per heavy atom. The summed E-state index contributed by atoms with van der Waals surface area (Å²) >= 11 is 0. The van der Waals surface area contributed by atoms with Gasteiger partial charge in [0.1, 0.15) is 11.6 Å². The molecule has 8 heteroatoms. The van der Waals surface area contributed by atoms with E-state index >= 15 is 0 Å². The van der Waals surface area contributed by atoms with Crippen molar-refractivity contribution in [2.75, 3.05) is 19.7 Å². The summed E-state index contributed by atoms with van der Waals surface area (Å²) in [5, 5.41) is 15.5. The van der Waals surface area contributed by atoms with Crippen LogP contribution in [0, 0.1) is 17.8 Å². The Kier molecular flexibility index (Phi) is 6.02. The third kappa shape index (κ3) is 3.31. The minimum absolute atomic E-state index is 0.00225. The van der Waals surface area contributed by atoms with Gasteiger partial charge in [-0.3, -0.25) is 14.4 Å². The number of fused-ring (bicyclic) bond motifs is 1. The summed E-state index contributed by atoms with van der Waals surface area (Å²) in [4.78, 5) is 41.6. The van der Waals surface area contributed by atoms with Crippen LogP contribution in [0.3, 0.4) is 0 Å². The molecule has 1 aromatic rings. The SMILES string of the molecule is CCCNC(=O)[C@@H]1[C@H]2C(=O)N(CCO)C(C(=O)NCc3ccccc3)C23CC(C)[C@@]1(C)O3. The van der Waals surface area contributed by atoms with Gasteiger partial charge in [-0.15, -0.1) is 0 Å². The van der Waals surface area contributed by atoms with Crippen molar-refractivity contribution in [2.45, 2.75) is 57.4 Å². The van der Waals surface area contributed by atoms with Gasteiger partial charge in [-0.25, -0.2) is 0 Å². The van der Waals surface area contributed by atoms with Crippen LogP contribution in [0.4, 0.5) is 0 Å². The van der Waals surface area contributed by atoms with Crippen LogP contribution in [-0.2, 0) is 25.7 Å². The van der Waals surface area contributed by atoms with Crippen LogP contribution in [-0.4, -0.2) is 64.7 Å². The largest absolute Gasteiger partial charge is 0.395 e. The van der Waals surface area contributed by atoms with E-state index in [4.69, 9.17) is 4.74 Å². The monoisotopic (exact) mass is 443 g/mol. The zero-order valence-electron chi connectivity index (χ0n) is 19.0. The van der Waals surface area contributed by atoms with Crippen LogP contribution >= 0.6 is 0 Å². The maximum absolute atomic E-state index is 13.6. The number of aliphatic hydroxyl groups excluding tert-OH is 1. The van der Waals surface area contributed by atoms with E-state index < -0.39 is 29.1 Å². The van der Waals surface area contributed by atoms with E-state index in [0.29, 0.717) is 19.5 Å². The van der Waals surface area contributed by atoms with Crippen LogP contribution in [0.2, 0.25) is 0 Å². The van der Waals surface area contributed by atoms with Crippen LogP contribution in [0.25, 0.3) is 0 Å². The fourth-order valence-corrected chi connectivity index (χ4v) is 6.03. The number of nitrogens with zero attached hydrogens (tertiary/aromatic N) is 1. The molecular formula is C24H33N3O5. The van der Waals surface area contributed by atoms with Gasteiger partial charge in [-0.05, 0) is 31.2 Å². The quantitative estimate of drug-likeness (QED) is 0.552. The summed E-state index contributed by atoms with van der Waals surface area (Å²) in [5.74, 6) is -2.20. The Balaban J connectivity index is 1.67. The highest BCUT2D eigenvalue weighted by molar-refractivity contribution is 5.99. The number of hydrogen-bond donors (Lipinski definition) is 3. The summed E-state index contributed by atoms with van der Waals surface area (Å²) in [6, 6.07) is 8.66. The lowest BCUT2D eigenvalue weighted by Gasteiger charge is -2.36. The molecule has 0 aliphatic carbocycles. The molecule has 3 saturated heterocycles. The third-order valence-corrected chi connectivity index (χ3v) is 7.55. The predicted molar refractivity (Wildman–Crippen MR) is 117 cm³/mol. The Morgan fingerprint density at radius 2 is 1.94 bits per heavy atom. The zero-order valence-corrected chi connectivity index (χ0v) is 19.0. The van der Waals surface area contributed by atoms with E-state index in [1.54, 1.807) is 0 Å². The number of aliphatic hydroxyl groups is 1. The van der Waals surface area contributed by atoms with Gasteiger partial charge in [-0.2, -0.15) is 0 Å². The Labute approximate surface area is 188 Å². The van der Waals surface area contributed by atoms with E-state index in [1.807, 2.05) is 51.1 Å². The van der Waals surface area contributed by atoms with Gasteiger partial charge < -0.3 is 25.4 Å². The lowest BCUT2D eigenvalue weighted by molar-refractivity contribution is -0.148. The molecule has 0 saturated carbocycles. The number of nitrogens with one attached hydrogen (secondary N) is 2. The first-order valence-corrected chi connectivity index (χ1v) is 11.5. The van der Waals surface area contributed by atoms with E-state index in [2.05, 4.69) is 10.6 Å². The molecule has 0 radical (unpaired) electrons.